The van der Waals surface area contributed by atoms with Gasteiger partial charge in [-0.3, -0.25) is 4.98 Å². The third-order valence-corrected chi connectivity index (χ3v) is 6.92. The van der Waals surface area contributed by atoms with Crippen molar-refractivity contribution in [2.45, 2.75) is 43.9 Å². The fourth-order valence-electron chi connectivity index (χ4n) is 5.18. The van der Waals surface area contributed by atoms with E-state index >= 15 is 0 Å². The first-order chi connectivity index (χ1) is 18.8. The van der Waals surface area contributed by atoms with Crippen LogP contribution in [0.4, 0.5) is 17.6 Å². The molecule has 39 heavy (non-hydrogen) atoms. The zero-order valence-corrected chi connectivity index (χ0v) is 20.6. The van der Waals surface area contributed by atoms with Crippen molar-refractivity contribution in [1.29, 1.82) is 0 Å². The van der Waals surface area contributed by atoms with Crippen LogP contribution in [0.5, 0.6) is 11.5 Å². The van der Waals surface area contributed by atoms with Crippen LogP contribution in [0.25, 0.3) is 0 Å². The second-order valence-electron chi connectivity index (χ2n) is 9.35. The number of benzene rings is 2. The predicted molar refractivity (Wildman–Crippen MR) is 135 cm³/mol. The fraction of sp³-hybridized carbons (Fsp3) is 0.241. The minimum absolute atomic E-state index is 0.0628. The molecular weight excluding hydrogens is 514 g/mol. The summed E-state index contributed by atoms with van der Waals surface area (Å²) in [6.07, 6.45) is 5.55. The van der Waals surface area contributed by atoms with E-state index in [1.807, 2.05) is 24.3 Å². The number of nitrogens with two attached hydrogens (primary N) is 1. The molecule has 3 unspecified atom stereocenters. The predicted octanol–water partition coefficient (Wildman–Crippen LogP) is 5.31. The quantitative estimate of drug-likeness (QED) is 0.177. The van der Waals surface area contributed by atoms with Crippen LogP contribution in [0.1, 0.15) is 45.3 Å². The molecule has 2 N–H and O–H groups in total. The zero-order valence-electron chi connectivity index (χ0n) is 20.6. The minimum Gasteiger partial charge on any atom is -0.619 e. The Kier molecular flexibility index (Phi) is 7.65. The topological polar surface area (TPSA) is 84.3 Å². The number of aromatic nitrogens is 2. The number of halogens is 4. The molecule has 0 radical (unpaired) electrons. The van der Waals surface area contributed by atoms with Crippen molar-refractivity contribution >= 4 is 0 Å². The smallest absolute Gasteiger partial charge is 0.387 e. The molecule has 1 aliphatic rings. The van der Waals surface area contributed by atoms with Gasteiger partial charge >= 0.3 is 13.2 Å². The highest BCUT2D eigenvalue weighted by molar-refractivity contribution is 5.48. The highest BCUT2D eigenvalue weighted by Gasteiger charge is 2.32. The minimum atomic E-state index is -3.24. The Bertz CT molecular complexity index is 1420. The molecule has 10 heteroatoms. The number of alkyl halides is 4. The van der Waals surface area contributed by atoms with Gasteiger partial charge in [-0.25, -0.2) is 0 Å². The van der Waals surface area contributed by atoms with Crippen molar-refractivity contribution in [3.05, 3.63) is 124 Å². The average molecular weight is 540 g/mol. The summed E-state index contributed by atoms with van der Waals surface area (Å²) in [7, 11) is 0. The third-order valence-electron chi connectivity index (χ3n) is 6.92. The highest BCUT2D eigenvalue weighted by Crippen LogP contribution is 2.39. The molecule has 202 valence electrons. The molecule has 3 atom stereocenters. The van der Waals surface area contributed by atoms with Gasteiger partial charge in [0.25, 0.3) is 0 Å². The third kappa shape index (κ3) is 5.96. The largest absolute Gasteiger partial charge is 0.619 e. The SMILES string of the molecule is NC1Cc2ccccc2C1c1ccc(C(Cc2cc[n+]([O-])cc2)c2ccc(OC(F)F)c(OC(F)F)c2)cn1. The first-order valence-corrected chi connectivity index (χ1v) is 12.3. The van der Waals surface area contributed by atoms with Crippen molar-refractivity contribution in [2.75, 3.05) is 0 Å². The van der Waals surface area contributed by atoms with E-state index in [2.05, 4.69) is 21.6 Å². The number of pyridine rings is 2. The lowest BCUT2D eigenvalue weighted by molar-refractivity contribution is -0.605. The number of hydrogen-bond acceptors (Lipinski definition) is 5. The number of hydrogen-bond donors (Lipinski definition) is 1. The van der Waals surface area contributed by atoms with Gasteiger partial charge in [0.15, 0.2) is 23.9 Å². The van der Waals surface area contributed by atoms with Crippen LogP contribution in [-0.2, 0) is 12.8 Å². The molecule has 0 saturated carbocycles. The van der Waals surface area contributed by atoms with E-state index in [9.17, 15) is 22.8 Å². The summed E-state index contributed by atoms with van der Waals surface area (Å²) in [5, 5.41) is 11.5. The van der Waals surface area contributed by atoms with Gasteiger partial charge in [0.2, 0.25) is 0 Å². The summed E-state index contributed by atoms with van der Waals surface area (Å²) in [6, 6.07) is 19.0. The van der Waals surface area contributed by atoms with E-state index in [0.29, 0.717) is 16.7 Å². The zero-order chi connectivity index (χ0) is 27.5. The molecule has 2 aromatic carbocycles. The van der Waals surface area contributed by atoms with Gasteiger partial charge in [0.05, 0.1) is 0 Å². The maximum atomic E-state index is 13.1. The Morgan fingerprint density at radius 1 is 0.897 bits per heavy atom. The second kappa shape index (κ2) is 11.3. The molecular formula is C29H25F4N3O3. The molecule has 0 aliphatic heterocycles. The molecule has 2 aromatic heterocycles. The summed E-state index contributed by atoms with van der Waals surface area (Å²) in [4.78, 5) is 4.73. The summed E-state index contributed by atoms with van der Waals surface area (Å²) in [5.74, 6) is -1.50. The molecule has 5 rings (SSSR count). The summed E-state index contributed by atoms with van der Waals surface area (Å²) < 4.78 is 61.4. The van der Waals surface area contributed by atoms with E-state index in [1.165, 1.54) is 36.2 Å². The van der Waals surface area contributed by atoms with Crippen molar-refractivity contribution in [3.8, 4) is 11.5 Å². The number of fused-ring (bicyclic) bond motifs is 1. The van der Waals surface area contributed by atoms with E-state index in [1.54, 1.807) is 18.3 Å². The first kappa shape index (κ1) is 26.4. The Morgan fingerprint density at radius 2 is 1.59 bits per heavy atom. The second-order valence-corrected chi connectivity index (χ2v) is 9.35. The van der Waals surface area contributed by atoms with Gasteiger partial charge < -0.3 is 20.4 Å². The van der Waals surface area contributed by atoms with E-state index in [4.69, 9.17) is 10.7 Å². The van der Waals surface area contributed by atoms with Crippen molar-refractivity contribution in [3.63, 3.8) is 0 Å². The van der Waals surface area contributed by atoms with Crippen LogP contribution in [0.15, 0.2) is 85.3 Å². The molecule has 0 amide bonds. The number of ether oxygens (including phenoxy) is 2. The van der Waals surface area contributed by atoms with E-state index in [0.717, 1.165) is 28.8 Å². The van der Waals surface area contributed by atoms with E-state index < -0.39 is 30.6 Å². The van der Waals surface area contributed by atoms with Crippen LogP contribution in [-0.4, -0.2) is 24.2 Å². The highest BCUT2D eigenvalue weighted by atomic mass is 19.3. The lowest BCUT2D eigenvalue weighted by Crippen LogP contribution is -2.26. The Hall–Kier alpha value is -4.18. The van der Waals surface area contributed by atoms with Gasteiger partial charge in [-0.15, -0.1) is 0 Å². The normalized spacial score (nSPS) is 17.3. The standard InChI is InChI=1S/C29H25F4N3O3/c30-28(31)38-25-8-6-19(15-26(25)39-29(32)33)22(13-17-9-11-36(37)12-10-17)20-5-7-24(35-16-20)27-21-4-2-1-3-18(21)14-23(27)34/h1-12,15-16,22-23,27-29H,13-14,34H2. The molecule has 4 aromatic rings. The fourth-order valence-corrected chi connectivity index (χ4v) is 5.18. The van der Waals surface area contributed by atoms with Crippen molar-refractivity contribution < 1.29 is 31.8 Å². The monoisotopic (exact) mass is 539 g/mol. The van der Waals surface area contributed by atoms with Crippen LogP contribution in [0, 0.1) is 5.21 Å². The lowest BCUT2D eigenvalue weighted by atomic mass is 9.86. The maximum absolute atomic E-state index is 13.1. The lowest BCUT2D eigenvalue weighted by Gasteiger charge is -2.22. The summed E-state index contributed by atoms with van der Waals surface area (Å²) >= 11 is 0. The van der Waals surface area contributed by atoms with Crippen LogP contribution >= 0.6 is 0 Å². The Labute approximate surface area is 222 Å². The molecule has 0 spiro atoms. The molecule has 1 aliphatic carbocycles. The van der Waals surface area contributed by atoms with E-state index in [-0.39, 0.29) is 12.0 Å². The number of nitrogens with zero attached hydrogens (tertiary/aromatic N) is 2. The van der Waals surface area contributed by atoms with Gasteiger partial charge in [-0.05, 0) is 58.9 Å². The van der Waals surface area contributed by atoms with Gasteiger partial charge in [0, 0.05) is 41.9 Å². The van der Waals surface area contributed by atoms with Crippen LogP contribution < -0.4 is 19.9 Å². The summed E-state index contributed by atoms with van der Waals surface area (Å²) in [6.45, 7) is -6.45. The number of rotatable bonds is 9. The van der Waals surface area contributed by atoms with Gasteiger partial charge in [0.1, 0.15) is 0 Å². The Morgan fingerprint density at radius 3 is 2.28 bits per heavy atom. The average Bonchev–Trinajstić information content (AvgIpc) is 3.24. The molecule has 0 fully saturated rings. The van der Waals surface area contributed by atoms with Gasteiger partial charge in [-0.2, -0.15) is 22.3 Å². The van der Waals surface area contributed by atoms with Crippen LogP contribution in [0.2, 0.25) is 0 Å². The first-order valence-electron chi connectivity index (χ1n) is 12.3. The molecule has 6 nitrogen and oxygen atoms in total. The maximum Gasteiger partial charge on any atom is 0.387 e. The molecule has 2 heterocycles. The van der Waals surface area contributed by atoms with Gasteiger partial charge in [-0.1, -0.05) is 36.4 Å². The molecule has 0 saturated heterocycles. The van der Waals surface area contributed by atoms with Crippen LogP contribution in [0.3, 0.4) is 0 Å². The summed E-state index contributed by atoms with van der Waals surface area (Å²) in [5.41, 5.74) is 11.7. The van der Waals surface area contributed by atoms with Crippen molar-refractivity contribution in [2.24, 2.45) is 5.73 Å². The Balaban J connectivity index is 1.52. The molecule has 0 bridgehead atoms. The van der Waals surface area contributed by atoms with Crippen molar-refractivity contribution in [1.82, 2.24) is 4.98 Å².